The van der Waals surface area contributed by atoms with Crippen LogP contribution in [0.5, 0.6) is 5.75 Å². The first kappa shape index (κ1) is 10.4. The molecule has 2 atom stereocenters. The van der Waals surface area contributed by atoms with Crippen molar-refractivity contribution in [2.75, 3.05) is 18.6 Å². The molecule has 4 nitrogen and oxygen atoms in total. The number of hydrogen-bond acceptors (Lipinski definition) is 4. The number of ether oxygens (including phenoxy) is 1. The smallest absolute Gasteiger partial charge is 0.228 e. The Balaban J connectivity index is 2.19. The number of piperidine rings is 1. The first-order chi connectivity index (χ1) is 8.19. The van der Waals surface area contributed by atoms with E-state index in [1.165, 1.54) is 0 Å². The summed E-state index contributed by atoms with van der Waals surface area (Å²) in [5.41, 5.74) is 0.736. The summed E-state index contributed by atoms with van der Waals surface area (Å²) in [5.74, 6) is 1.08. The van der Waals surface area contributed by atoms with Gasteiger partial charge in [-0.05, 0) is 24.5 Å². The van der Waals surface area contributed by atoms with Crippen molar-refractivity contribution in [1.29, 1.82) is 5.26 Å². The molecule has 1 aromatic carbocycles. The Morgan fingerprint density at radius 2 is 2.41 bits per heavy atom. The molecule has 3 heterocycles. The zero-order valence-corrected chi connectivity index (χ0v) is 9.68. The highest BCUT2D eigenvalue weighted by molar-refractivity contribution is 5.67. The van der Waals surface area contributed by atoms with Crippen LogP contribution < -0.4 is 9.64 Å². The molecule has 17 heavy (non-hydrogen) atoms. The highest BCUT2D eigenvalue weighted by atomic mass is 16.5. The molecule has 0 aliphatic carbocycles. The molecule has 0 spiro atoms. The zero-order valence-electron chi connectivity index (χ0n) is 9.68. The van der Waals surface area contributed by atoms with Crippen molar-refractivity contribution in [3.05, 3.63) is 23.8 Å². The maximum Gasteiger partial charge on any atom is 0.228 e. The molecule has 4 heteroatoms. The van der Waals surface area contributed by atoms with Crippen LogP contribution in [0.25, 0.3) is 0 Å². The van der Waals surface area contributed by atoms with Crippen LogP contribution in [0.15, 0.2) is 18.2 Å². The molecule has 0 aromatic heterocycles. The third-order valence-corrected chi connectivity index (χ3v) is 3.82. The molecular formula is C13H14N2O2. The molecule has 1 aromatic rings. The number of nitrogens with zero attached hydrogens (tertiary/aromatic N) is 2. The molecule has 0 radical (unpaired) electrons. The number of rotatable bonds is 1. The average Bonchev–Trinajstić information content (AvgIpc) is 2.38. The zero-order chi connectivity index (χ0) is 12.0. The molecule has 2 bridgehead atoms. The van der Waals surface area contributed by atoms with Crippen LogP contribution in [0.4, 0.5) is 5.69 Å². The molecule has 3 aliphatic heterocycles. The molecule has 3 aliphatic rings. The number of hydrogen-bond donors (Lipinski definition) is 1. The van der Waals surface area contributed by atoms with Crippen molar-refractivity contribution < 1.29 is 9.84 Å². The Morgan fingerprint density at radius 1 is 1.59 bits per heavy atom. The fourth-order valence-electron chi connectivity index (χ4n) is 3.05. The fraction of sp³-hybridized carbons (Fsp3) is 0.462. The third kappa shape index (κ3) is 1.26. The molecule has 2 unspecified atom stereocenters. The Kier molecular flexibility index (Phi) is 2.07. The van der Waals surface area contributed by atoms with E-state index in [9.17, 15) is 5.11 Å². The lowest BCUT2D eigenvalue weighted by Gasteiger charge is -2.49. The van der Waals surface area contributed by atoms with E-state index in [-0.39, 0.29) is 5.92 Å². The highest BCUT2D eigenvalue weighted by Gasteiger charge is 2.48. The van der Waals surface area contributed by atoms with Gasteiger partial charge >= 0.3 is 0 Å². The predicted molar refractivity (Wildman–Crippen MR) is 62.9 cm³/mol. The minimum absolute atomic E-state index is 0.218. The van der Waals surface area contributed by atoms with Gasteiger partial charge in [0.1, 0.15) is 11.8 Å². The molecule has 1 fully saturated rings. The molecule has 88 valence electrons. The maximum absolute atomic E-state index is 10.3. The molecule has 0 amide bonds. The minimum atomic E-state index is -1.34. The summed E-state index contributed by atoms with van der Waals surface area (Å²) in [7, 11) is 1.66. The van der Waals surface area contributed by atoms with Crippen LogP contribution in [0.1, 0.15) is 24.3 Å². The SMILES string of the molecule is COc1cccc2c1C1CCN2C(O)(C#N)C1. The lowest BCUT2D eigenvalue weighted by atomic mass is 9.77. The van der Waals surface area contributed by atoms with E-state index in [0.29, 0.717) is 6.42 Å². The molecule has 1 N–H and O–H groups in total. The lowest BCUT2D eigenvalue weighted by molar-refractivity contribution is 0.0514. The minimum Gasteiger partial charge on any atom is -0.496 e. The van der Waals surface area contributed by atoms with Crippen LogP contribution in [-0.2, 0) is 0 Å². The van der Waals surface area contributed by atoms with Gasteiger partial charge in [-0.3, -0.25) is 0 Å². The lowest BCUT2D eigenvalue weighted by Crippen LogP contribution is -2.56. The second kappa shape index (κ2) is 3.38. The van der Waals surface area contributed by atoms with Gasteiger partial charge in [-0.25, -0.2) is 0 Å². The summed E-state index contributed by atoms with van der Waals surface area (Å²) >= 11 is 0. The maximum atomic E-state index is 10.3. The largest absolute Gasteiger partial charge is 0.496 e. The number of fused-ring (bicyclic) bond motifs is 2. The van der Waals surface area contributed by atoms with E-state index in [0.717, 1.165) is 30.0 Å². The first-order valence-corrected chi connectivity index (χ1v) is 5.78. The van der Waals surface area contributed by atoms with Gasteiger partial charge < -0.3 is 14.7 Å². The van der Waals surface area contributed by atoms with Crippen LogP contribution >= 0.6 is 0 Å². The number of nitriles is 1. The monoisotopic (exact) mass is 230 g/mol. The van der Waals surface area contributed by atoms with E-state index < -0.39 is 5.72 Å². The molecule has 0 saturated carbocycles. The summed E-state index contributed by atoms with van der Waals surface area (Å²) in [6.07, 6.45) is 1.44. The van der Waals surface area contributed by atoms with E-state index in [1.54, 1.807) is 12.0 Å². The van der Waals surface area contributed by atoms with Crippen molar-refractivity contribution in [3.8, 4) is 11.8 Å². The first-order valence-electron chi connectivity index (χ1n) is 5.78. The normalized spacial score (nSPS) is 29.7. The van der Waals surface area contributed by atoms with Gasteiger partial charge in [0.2, 0.25) is 5.72 Å². The predicted octanol–water partition coefficient (Wildman–Crippen LogP) is 1.60. The third-order valence-electron chi connectivity index (χ3n) is 3.82. The molecular weight excluding hydrogens is 216 g/mol. The van der Waals surface area contributed by atoms with Gasteiger partial charge in [0.05, 0.1) is 7.11 Å². The second-order valence-electron chi connectivity index (χ2n) is 4.66. The van der Waals surface area contributed by atoms with Crippen LogP contribution in [0.2, 0.25) is 0 Å². The van der Waals surface area contributed by atoms with E-state index in [1.807, 2.05) is 24.3 Å². The number of anilines is 1. The van der Waals surface area contributed by atoms with Crippen molar-refractivity contribution in [1.82, 2.24) is 0 Å². The van der Waals surface area contributed by atoms with Crippen molar-refractivity contribution >= 4 is 5.69 Å². The standard InChI is InChI=1S/C13H14N2O2/c1-17-11-4-2-3-10-12(11)9-5-6-15(10)13(16,7-9)8-14/h2-4,9,16H,5-7H2,1H3. The van der Waals surface area contributed by atoms with Crippen molar-refractivity contribution in [2.45, 2.75) is 24.5 Å². The van der Waals surface area contributed by atoms with Crippen molar-refractivity contribution in [2.24, 2.45) is 0 Å². The molecule has 4 rings (SSSR count). The summed E-state index contributed by atoms with van der Waals surface area (Å²) in [4.78, 5) is 1.80. The van der Waals surface area contributed by atoms with E-state index in [4.69, 9.17) is 10.00 Å². The summed E-state index contributed by atoms with van der Waals surface area (Å²) in [6, 6.07) is 7.82. The number of benzene rings is 1. The van der Waals surface area contributed by atoms with Crippen LogP contribution in [-0.4, -0.2) is 24.5 Å². The van der Waals surface area contributed by atoms with Gasteiger partial charge in [-0.15, -0.1) is 0 Å². The number of methoxy groups -OCH3 is 1. The number of aliphatic hydroxyl groups is 1. The fourth-order valence-corrected chi connectivity index (χ4v) is 3.05. The average molecular weight is 230 g/mol. The van der Waals surface area contributed by atoms with Gasteiger partial charge in [-0.1, -0.05) is 6.07 Å². The van der Waals surface area contributed by atoms with Crippen molar-refractivity contribution in [3.63, 3.8) is 0 Å². The Hall–Kier alpha value is -1.73. The Morgan fingerprint density at radius 3 is 3.12 bits per heavy atom. The van der Waals surface area contributed by atoms with Crippen LogP contribution in [0, 0.1) is 11.3 Å². The van der Waals surface area contributed by atoms with E-state index >= 15 is 0 Å². The van der Waals surface area contributed by atoms with Gasteiger partial charge in [0.15, 0.2) is 0 Å². The Labute approximate surface area is 100 Å². The van der Waals surface area contributed by atoms with Gasteiger partial charge in [-0.2, -0.15) is 5.26 Å². The highest BCUT2D eigenvalue weighted by Crippen LogP contribution is 2.51. The molecule has 1 saturated heterocycles. The second-order valence-corrected chi connectivity index (χ2v) is 4.66. The van der Waals surface area contributed by atoms with Gasteiger partial charge in [0, 0.05) is 24.2 Å². The van der Waals surface area contributed by atoms with Crippen LogP contribution in [0.3, 0.4) is 0 Å². The van der Waals surface area contributed by atoms with Gasteiger partial charge in [0.25, 0.3) is 0 Å². The summed E-state index contributed by atoms with van der Waals surface area (Å²) in [5, 5.41) is 19.5. The Bertz CT molecular complexity index is 509. The van der Waals surface area contributed by atoms with E-state index in [2.05, 4.69) is 0 Å². The summed E-state index contributed by atoms with van der Waals surface area (Å²) < 4.78 is 5.38. The summed E-state index contributed by atoms with van der Waals surface area (Å²) in [6.45, 7) is 0.731. The topological polar surface area (TPSA) is 56.5 Å². The quantitative estimate of drug-likeness (QED) is 0.744.